The lowest BCUT2D eigenvalue weighted by Crippen LogP contribution is -2.43. The van der Waals surface area contributed by atoms with Crippen molar-refractivity contribution in [3.63, 3.8) is 0 Å². The Morgan fingerprint density at radius 2 is 1.96 bits per heavy atom. The largest absolute Gasteiger partial charge is 0.484 e. The van der Waals surface area contributed by atoms with Crippen molar-refractivity contribution in [1.82, 2.24) is 10.3 Å². The molecule has 0 heterocycles. The van der Waals surface area contributed by atoms with Gasteiger partial charge in [-0.1, -0.05) is 25.1 Å². The van der Waals surface area contributed by atoms with E-state index in [0.717, 1.165) is 18.1 Å². The van der Waals surface area contributed by atoms with Crippen LogP contribution in [0, 0.1) is 17.0 Å². The number of carbonyl (C=O) groups excluding carboxylic acids is 1. The van der Waals surface area contributed by atoms with Crippen LogP contribution in [0.4, 0.5) is 5.69 Å². The van der Waals surface area contributed by atoms with Gasteiger partial charge >= 0.3 is 0 Å². The van der Waals surface area contributed by atoms with Crippen molar-refractivity contribution in [1.29, 1.82) is 0 Å². The molecule has 0 fully saturated rings. The normalized spacial score (nSPS) is 11.0. The van der Waals surface area contributed by atoms with Crippen molar-refractivity contribution in [2.75, 3.05) is 6.61 Å². The number of hydrogen-bond donors (Lipinski definition) is 2. The zero-order chi connectivity index (χ0) is 20.0. The van der Waals surface area contributed by atoms with Crippen LogP contribution in [0.3, 0.4) is 0 Å². The van der Waals surface area contributed by atoms with Gasteiger partial charge in [-0.15, -0.1) is 4.83 Å². The van der Waals surface area contributed by atoms with Gasteiger partial charge in [-0.2, -0.15) is 0 Å². The first kappa shape index (κ1) is 20.3. The van der Waals surface area contributed by atoms with Gasteiger partial charge in [0.1, 0.15) is 5.75 Å². The molecule has 0 bridgehead atoms. The molecule has 2 rings (SSSR count). The van der Waals surface area contributed by atoms with Crippen molar-refractivity contribution in [3.8, 4) is 5.75 Å². The quantitative estimate of drug-likeness (QED) is 0.520. The second kappa shape index (κ2) is 8.60. The summed E-state index contributed by atoms with van der Waals surface area (Å²) in [5.74, 6) is -0.233. The molecule has 144 valence electrons. The Morgan fingerprint density at radius 3 is 2.63 bits per heavy atom. The lowest BCUT2D eigenvalue weighted by molar-refractivity contribution is -0.385. The predicted molar refractivity (Wildman–Crippen MR) is 97.6 cm³/mol. The fraction of sp³-hybridized carbons (Fsp3) is 0.235. The molecule has 0 aliphatic carbocycles. The number of benzene rings is 2. The summed E-state index contributed by atoms with van der Waals surface area (Å²) in [5.41, 5.74) is 3.04. The first-order chi connectivity index (χ1) is 12.7. The summed E-state index contributed by atoms with van der Waals surface area (Å²) in [7, 11) is -4.16. The molecule has 2 aromatic rings. The molecule has 2 aromatic carbocycles. The number of ether oxygens (including phenoxy) is 1. The Labute approximate surface area is 156 Å². The Morgan fingerprint density at radius 1 is 1.22 bits per heavy atom. The molecule has 1 amide bonds. The summed E-state index contributed by atoms with van der Waals surface area (Å²) < 4.78 is 29.7. The maximum Gasteiger partial charge on any atom is 0.273 e. The van der Waals surface area contributed by atoms with E-state index >= 15 is 0 Å². The van der Waals surface area contributed by atoms with Crippen molar-refractivity contribution in [3.05, 3.63) is 63.7 Å². The minimum Gasteiger partial charge on any atom is -0.484 e. The maximum absolute atomic E-state index is 12.2. The van der Waals surface area contributed by atoms with Crippen molar-refractivity contribution < 1.29 is 22.9 Å². The molecule has 0 spiro atoms. The number of carbonyl (C=O) groups is 1. The molecule has 0 saturated heterocycles. The number of nitrogens with zero attached hydrogens (tertiary/aromatic N) is 1. The number of sulfonamides is 1. The SMILES string of the molecule is CCc1cccc(OCC(=O)NNS(=O)(=O)c2ccc(C)c([N+](=O)[O-])c2)c1. The summed E-state index contributed by atoms with van der Waals surface area (Å²) in [6.07, 6.45) is 0.811. The van der Waals surface area contributed by atoms with E-state index in [1.807, 2.05) is 23.2 Å². The molecule has 0 aromatic heterocycles. The fourth-order valence-electron chi connectivity index (χ4n) is 2.18. The van der Waals surface area contributed by atoms with Gasteiger partial charge < -0.3 is 4.74 Å². The molecule has 0 unspecified atom stereocenters. The van der Waals surface area contributed by atoms with Gasteiger partial charge in [0.2, 0.25) is 0 Å². The van der Waals surface area contributed by atoms with Crippen LogP contribution < -0.4 is 15.0 Å². The highest BCUT2D eigenvalue weighted by Crippen LogP contribution is 2.21. The maximum atomic E-state index is 12.2. The van der Waals surface area contributed by atoms with Gasteiger partial charge in [-0.25, -0.2) is 8.42 Å². The molecule has 9 nitrogen and oxygen atoms in total. The van der Waals surface area contributed by atoms with E-state index in [0.29, 0.717) is 11.3 Å². The lowest BCUT2D eigenvalue weighted by Gasteiger charge is -2.10. The van der Waals surface area contributed by atoms with Crippen molar-refractivity contribution in [2.45, 2.75) is 25.2 Å². The molecule has 0 radical (unpaired) electrons. The Balaban J connectivity index is 1.97. The second-order valence-corrected chi connectivity index (χ2v) is 7.33. The molecule has 0 saturated carbocycles. The van der Waals surface area contributed by atoms with Gasteiger partial charge in [-0.05, 0) is 37.1 Å². The molecule has 27 heavy (non-hydrogen) atoms. The van der Waals surface area contributed by atoms with Gasteiger partial charge in [0, 0.05) is 11.6 Å². The van der Waals surface area contributed by atoms with Crippen LogP contribution in [0.5, 0.6) is 5.75 Å². The first-order valence-electron chi connectivity index (χ1n) is 8.00. The van der Waals surface area contributed by atoms with Crippen molar-refractivity contribution >= 4 is 21.6 Å². The van der Waals surface area contributed by atoms with Crippen molar-refractivity contribution in [2.24, 2.45) is 0 Å². The molecule has 0 aliphatic rings. The van der Waals surface area contributed by atoms with Crippen LogP contribution in [0.2, 0.25) is 0 Å². The highest BCUT2D eigenvalue weighted by molar-refractivity contribution is 7.89. The number of hydrazine groups is 1. The van der Waals surface area contributed by atoms with E-state index in [9.17, 15) is 23.3 Å². The zero-order valence-corrected chi connectivity index (χ0v) is 15.6. The van der Waals surface area contributed by atoms with Crippen LogP contribution in [0.1, 0.15) is 18.1 Å². The Bertz CT molecular complexity index is 959. The minimum absolute atomic E-state index is 0.325. The third kappa shape index (κ3) is 5.50. The van der Waals surface area contributed by atoms with Gasteiger partial charge in [0.15, 0.2) is 6.61 Å². The Kier molecular flexibility index (Phi) is 6.48. The third-order valence-corrected chi connectivity index (χ3v) is 4.93. The standard InChI is InChI=1S/C17H19N3O6S/c1-3-13-5-4-6-14(9-13)26-11-17(21)18-19-27(24,25)15-8-7-12(2)16(10-15)20(22)23/h4-10,19H,3,11H2,1-2H3,(H,18,21). The molecule has 0 aliphatic heterocycles. The number of nitrogens with one attached hydrogen (secondary N) is 2. The summed E-state index contributed by atoms with van der Waals surface area (Å²) in [5, 5.41) is 10.9. The van der Waals surface area contributed by atoms with E-state index in [2.05, 4.69) is 0 Å². The fourth-order valence-corrected chi connectivity index (χ4v) is 3.06. The van der Waals surface area contributed by atoms with Crippen LogP contribution in [-0.2, 0) is 21.2 Å². The van der Waals surface area contributed by atoms with Gasteiger partial charge in [0.25, 0.3) is 21.6 Å². The molecular weight excluding hydrogens is 374 g/mol. The van der Waals surface area contributed by atoms with Gasteiger partial charge in [-0.3, -0.25) is 20.3 Å². The van der Waals surface area contributed by atoms with E-state index in [4.69, 9.17) is 4.74 Å². The number of nitro groups is 1. The summed E-state index contributed by atoms with van der Waals surface area (Å²) in [6, 6.07) is 10.6. The molecule has 2 N–H and O–H groups in total. The molecular formula is C17H19N3O6S. The van der Waals surface area contributed by atoms with Crippen LogP contribution in [0.15, 0.2) is 47.4 Å². The van der Waals surface area contributed by atoms with E-state index in [-0.39, 0.29) is 10.6 Å². The average Bonchev–Trinajstić information content (AvgIpc) is 2.65. The number of amides is 1. The topological polar surface area (TPSA) is 128 Å². The minimum atomic E-state index is -4.16. The summed E-state index contributed by atoms with van der Waals surface area (Å²) in [6.45, 7) is 3.08. The summed E-state index contributed by atoms with van der Waals surface area (Å²) in [4.78, 5) is 23.6. The highest BCUT2D eigenvalue weighted by atomic mass is 32.2. The number of rotatable bonds is 8. The lowest BCUT2D eigenvalue weighted by atomic mass is 10.2. The smallest absolute Gasteiger partial charge is 0.273 e. The second-order valence-electron chi connectivity index (χ2n) is 5.65. The Hall–Kier alpha value is -2.98. The zero-order valence-electron chi connectivity index (χ0n) is 14.8. The number of nitro benzene ring substituents is 1. The highest BCUT2D eigenvalue weighted by Gasteiger charge is 2.20. The van der Waals surface area contributed by atoms with Crippen LogP contribution in [0.25, 0.3) is 0 Å². The third-order valence-electron chi connectivity index (χ3n) is 3.69. The van der Waals surface area contributed by atoms with Gasteiger partial charge in [0.05, 0.1) is 9.82 Å². The summed E-state index contributed by atoms with van der Waals surface area (Å²) >= 11 is 0. The van der Waals surface area contributed by atoms with E-state index < -0.39 is 27.5 Å². The van der Waals surface area contributed by atoms with Crippen LogP contribution >= 0.6 is 0 Å². The monoisotopic (exact) mass is 393 g/mol. The molecule has 0 atom stereocenters. The number of aryl methyl sites for hydroxylation is 2. The predicted octanol–water partition coefficient (Wildman–Crippen LogP) is 1.85. The van der Waals surface area contributed by atoms with E-state index in [1.54, 1.807) is 18.2 Å². The number of hydrogen-bond acceptors (Lipinski definition) is 6. The average molecular weight is 393 g/mol. The first-order valence-corrected chi connectivity index (χ1v) is 9.48. The molecule has 10 heteroatoms. The van der Waals surface area contributed by atoms with E-state index in [1.165, 1.54) is 19.1 Å². The van der Waals surface area contributed by atoms with Crippen LogP contribution in [-0.4, -0.2) is 25.9 Å².